The molecule has 1 aliphatic heterocycles. The van der Waals surface area contributed by atoms with Gasteiger partial charge >= 0.3 is 0 Å². The van der Waals surface area contributed by atoms with Gasteiger partial charge < -0.3 is 9.47 Å². The van der Waals surface area contributed by atoms with E-state index in [0.717, 1.165) is 17.5 Å². The van der Waals surface area contributed by atoms with E-state index in [0.29, 0.717) is 6.61 Å². The monoisotopic (exact) mass is 280 g/mol. The maximum atomic E-state index is 5.39. The number of halogens is 1. The van der Waals surface area contributed by atoms with E-state index in [-0.39, 0.29) is 6.29 Å². The number of alkyl halides is 1. The Bertz CT molecular complexity index is 165. The van der Waals surface area contributed by atoms with Crippen LogP contribution in [0.5, 0.6) is 0 Å². The molecule has 0 saturated carbocycles. The van der Waals surface area contributed by atoms with Crippen molar-refractivity contribution in [1.82, 2.24) is 0 Å². The fourth-order valence-corrected chi connectivity index (χ4v) is 1.35. The average Bonchev–Trinajstić information content (AvgIpc) is 2.14. The zero-order chi connectivity index (χ0) is 8.65. The third-order valence-corrected chi connectivity index (χ3v) is 2.05. The van der Waals surface area contributed by atoms with Gasteiger partial charge in [-0.25, -0.2) is 0 Å². The minimum atomic E-state index is 0.00209. The lowest BCUT2D eigenvalue weighted by Gasteiger charge is -2.21. The van der Waals surface area contributed by atoms with Crippen LogP contribution < -0.4 is 0 Å². The zero-order valence-electron chi connectivity index (χ0n) is 7.01. The second kappa shape index (κ2) is 6.70. The fourth-order valence-electron chi connectivity index (χ4n) is 1.08. The largest absolute Gasteiger partial charge is 0.353 e. The highest BCUT2D eigenvalue weighted by Gasteiger charge is 2.12. The highest BCUT2D eigenvalue weighted by Crippen LogP contribution is 2.12. The quantitative estimate of drug-likeness (QED) is 0.437. The van der Waals surface area contributed by atoms with Crippen LogP contribution >= 0.6 is 22.6 Å². The number of ether oxygens (including phenoxy) is 2. The summed E-state index contributed by atoms with van der Waals surface area (Å²) in [5.74, 6) is 5.87. The van der Waals surface area contributed by atoms with E-state index in [1.807, 2.05) is 0 Å². The Hall–Kier alpha value is 0.210. The SMILES string of the molecule is ICC#CCOC1CCCCO1. The smallest absolute Gasteiger partial charge is 0.158 e. The van der Waals surface area contributed by atoms with Crippen molar-refractivity contribution >= 4 is 22.6 Å². The Morgan fingerprint density at radius 3 is 3.00 bits per heavy atom. The first-order valence-electron chi connectivity index (χ1n) is 4.18. The van der Waals surface area contributed by atoms with Crippen LogP contribution in [-0.2, 0) is 9.47 Å². The lowest BCUT2D eigenvalue weighted by atomic mass is 10.2. The molecule has 1 unspecified atom stereocenters. The highest BCUT2D eigenvalue weighted by atomic mass is 127. The van der Waals surface area contributed by atoms with Crippen LogP contribution in [0.2, 0.25) is 0 Å². The number of hydrogen-bond acceptors (Lipinski definition) is 2. The van der Waals surface area contributed by atoms with Crippen LogP contribution in [0, 0.1) is 11.8 Å². The highest BCUT2D eigenvalue weighted by molar-refractivity contribution is 14.1. The third-order valence-electron chi connectivity index (χ3n) is 1.67. The summed E-state index contributed by atoms with van der Waals surface area (Å²) >= 11 is 2.22. The van der Waals surface area contributed by atoms with Crippen molar-refractivity contribution in [3.05, 3.63) is 0 Å². The standard InChI is InChI=1S/C9H13IO2/c10-6-2-4-8-12-9-5-1-3-7-11-9/h9H,1,3,5-8H2. The second-order valence-electron chi connectivity index (χ2n) is 2.59. The molecule has 0 aliphatic carbocycles. The molecule has 12 heavy (non-hydrogen) atoms. The van der Waals surface area contributed by atoms with Gasteiger partial charge in [-0.3, -0.25) is 0 Å². The van der Waals surface area contributed by atoms with Gasteiger partial charge in [-0.05, 0) is 19.3 Å². The first-order valence-corrected chi connectivity index (χ1v) is 5.71. The summed E-state index contributed by atoms with van der Waals surface area (Å²) in [6.45, 7) is 1.35. The third kappa shape index (κ3) is 4.29. The summed E-state index contributed by atoms with van der Waals surface area (Å²) in [4.78, 5) is 0. The Morgan fingerprint density at radius 2 is 2.33 bits per heavy atom. The predicted molar refractivity (Wildman–Crippen MR) is 56.2 cm³/mol. The van der Waals surface area contributed by atoms with Crippen molar-refractivity contribution < 1.29 is 9.47 Å². The van der Waals surface area contributed by atoms with Gasteiger partial charge in [0.05, 0.1) is 4.43 Å². The maximum Gasteiger partial charge on any atom is 0.158 e. The first kappa shape index (κ1) is 10.3. The molecule has 2 nitrogen and oxygen atoms in total. The zero-order valence-corrected chi connectivity index (χ0v) is 9.17. The molecule has 0 aromatic heterocycles. The molecule has 0 N–H and O–H groups in total. The van der Waals surface area contributed by atoms with E-state index in [1.165, 1.54) is 12.8 Å². The van der Waals surface area contributed by atoms with Gasteiger partial charge in [0.1, 0.15) is 6.61 Å². The van der Waals surface area contributed by atoms with Crippen LogP contribution in [0.15, 0.2) is 0 Å². The van der Waals surface area contributed by atoms with E-state index in [9.17, 15) is 0 Å². The molecule has 0 spiro atoms. The molecule has 1 atom stereocenters. The van der Waals surface area contributed by atoms with E-state index in [1.54, 1.807) is 0 Å². The van der Waals surface area contributed by atoms with Crippen LogP contribution in [0.3, 0.4) is 0 Å². The molecule has 0 aromatic carbocycles. The molecule has 0 radical (unpaired) electrons. The van der Waals surface area contributed by atoms with Crippen molar-refractivity contribution in [2.75, 3.05) is 17.6 Å². The molecule has 1 rings (SSSR count). The fraction of sp³-hybridized carbons (Fsp3) is 0.778. The Balaban J connectivity index is 2.05. The summed E-state index contributed by atoms with van der Waals surface area (Å²) in [7, 11) is 0. The van der Waals surface area contributed by atoms with E-state index in [4.69, 9.17) is 9.47 Å². The molecule has 0 amide bonds. The summed E-state index contributed by atoms with van der Waals surface area (Å²) in [6, 6.07) is 0. The van der Waals surface area contributed by atoms with Gasteiger partial charge in [-0.15, -0.1) is 0 Å². The van der Waals surface area contributed by atoms with Crippen LogP contribution in [0.25, 0.3) is 0 Å². The van der Waals surface area contributed by atoms with Gasteiger partial charge in [0.25, 0.3) is 0 Å². The van der Waals surface area contributed by atoms with Crippen LogP contribution in [0.1, 0.15) is 19.3 Å². The van der Waals surface area contributed by atoms with Crippen LogP contribution in [0.4, 0.5) is 0 Å². The average molecular weight is 280 g/mol. The topological polar surface area (TPSA) is 18.5 Å². The van der Waals surface area contributed by atoms with Crippen molar-refractivity contribution in [3.8, 4) is 11.8 Å². The molecule has 0 bridgehead atoms. The van der Waals surface area contributed by atoms with Crippen molar-refractivity contribution in [2.45, 2.75) is 25.6 Å². The van der Waals surface area contributed by atoms with Gasteiger partial charge in [0, 0.05) is 6.61 Å². The van der Waals surface area contributed by atoms with Crippen LogP contribution in [-0.4, -0.2) is 23.9 Å². The van der Waals surface area contributed by atoms with Crippen molar-refractivity contribution in [1.29, 1.82) is 0 Å². The summed E-state index contributed by atoms with van der Waals surface area (Å²) < 4.78 is 11.6. The molecule has 1 saturated heterocycles. The Labute approximate surface area is 87.1 Å². The minimum absolute atomic E-state index is 0.00209. The molecule has 68 valence electrons. The molecule has 1 heterocycles. The lowest BCUT2D eigenvalue weighted by Crippen LogP contribution is -2.22. The first-order chi connectivity index (χ1) is 5.93. The van der Waals surface area contributed by atoms with E-state index >= 15 is 0 Å². The van der Waals surface area contributed by atoms with Gasteiger partial charge in [0.15, 0.2) is 6.29 Å². The summed E-state index contributed by atoms with van der Waals surface area (Å²) in [5.41, 5.74) is 0. The second-order valence-corrected chi connectivity index (χ2v) is 3.36. The molecular formula is C9H13IO2. The summed E-state index contributed by atoms with van der Waals surface area (Å²) in [6.07, 6.45) is 3.40. The number of rotatable bonds is 2. The Kier molecular flexibility index (Phi) is 5.74. The summed E-state index contributed by atoms with van der Waals surface area (Å²) in [5, 5.41) is 0. The number of hydrogen-bond donors (Lipinski definition) is 0. The van der Waals surface area contributed by atoms with Crippen molar-refractivity contribution in [2.24, 2.45) is 0 Å². The molecule has 3 heteroatoms. The maximum absolute atomic E-state index is 5.39. The van der Waals surface area contributed by atoms with Gasteiger partial charge in [0.2, 0.25) is 0 Å². The molecule has 0 aromatic rings. The van der Waals surface area contributed by atoms with Gasteiger partial charge in [-0.1, -0.05) is 34.4 Å². The van der Waals surface area contributed by atoms with Crippen molar-refractivity contribution in [3.63, 3.8) is 0 Å². The molecule has 1 fully saturated rings. The molecular weight excluding hydrogens is 267 g/mol. The normalized spacial score (nSPS) is 22.9. The Morgan fingerprint density at radius 1 is 1.42 bits per heavy atom. The van der Waals surface area contributed by atoms with E-state index < -0.39 is 0 Å². The lowest BCUT2D eigenvalue weighted by molar-refractivity contribution is -0.154. The minimum Gasteiger partial charge on any atom is -0.353 e. The predicted octanol–water partition coefficient (Wildman–Crippen LogP) is 1.97. The van der Waals surface area contributed by atoms with Gasteiger partial charge in [-0.2, -0.15) is 0 Å². The molecule has 1 aliphatic rings. The van der Waals surface area contributed by atoms with E-state index in [2.05, 4.69) is 34.4 Å².